The van der Waals surface area contributed by atoms with E-state index in [9.17, 15) is 4.79 Å². The predicted octanol–water partition coefficient (Wildman–Crippen LogP) is 8.04. The quantitative estimate of drug-likeness (QED) is 0.147. The summed E-state index contributed by atoms with van der Waals surface area (Å²) in [5.74, 6) is 2.09. The minimum absolute atomic E-state index is 0.0420. The first-order valence-corrected chi connectivity index (χ1v) is 13.6. The van der Waals surface area contributed by atoms with Gasteiger partial charge in [-0.1, -0.05) is 70.4 Å². The zero-order valence-electron chi connectivity index (χ0n) is 21.5. The van der Waals surface area contributed by atoms with Gasteiger partial charge >= 0.3 is 5.97 Å². The van der Waals surface area contributed by atoms with Gasteiger partial charge in [-0.15, -0.1) is 0 Å². The lowest BCUT2D eigenvalue weighted by Gasteiger charge is -2.19. The van der Waals surface area contributed by atoms with E-state index in [4.69, 9.17) is 9.47 Å². The average molecular weight is 487 g/mol. The van der Waals surface area contributed by atoms with Gasteiger partial charge in [0.2, 0.25) is 0 Å². The van der Waals surface area contributed by atoms with E-state index in [2.05, 4.69) is 16.9 Å². The van der Waals surface area contributed by atoms with E-state index < -0.39 is 0 Å². The maximum atomic E-state index is 12.4. The summed E-state index contributed by atoms with van der Waals surface area (Å²) >= 11 is 0. The number of carbonyl (C=O) groups is 1. The molecule has 1 heterocycles. The average Bonchev–Trinajstić information content (AvgIpc) is 2.94. The number of ether oxygens (including phenoxy) is 2. The highest BCUT2D eigenvalue weighted by Gasteiger charge is 2.22. The van der Waals surface area contributed by atoms with Crippen LogP contribution in [-0.4, -0.2) is 22.5 Å². The molecule has 0 N–H and O–H groups in total. The summed E-state index contributed by atoms with van der Waals surface area (Å²) in [6.07, 6.45) is 16.5. The molecule has 1 aromatic heterocycles. The molecule has 0 unspecified atom stereocenters. The van der Waals surface area contributed by atoms with Gasteiger partial charge < -0.3 is 9.47 Å². The van der Waals surface area contributed by atoms with Gasteiger partial charge in [-0.2, -0.15) is 0 Å². The normalized spacial score (nSPS) is 13.9. The van der Waals surface area contributed by atoms with Crippen LogP contribution in [0.2, 0.25) is 0 Å². The Morgan fingerprint density at radius 2 is 1.36 bits per heavy atom. The van der Waals surface area contributed by atoms with Crippen molar-refractivity contribution in [3.63, 3.8) is 0 Å². The first-order chi connectivity index (χ1) is 17.7. The zero-order valence-corrected chi connectivity index (χ0v) is 21.5. The summed E-state index contributed by atoms with van der Waals surface area (Å²) < 4.78 is 11.5. The zero-order chi connectivity index (χ0) is 25.0. The van der Waals surface area contributed by atoms with Crippen molar-refractivity contribution < 1.29 is 14.3 Å². The van der Waals surface area contributed by atoms with Gasteiger partial charge in [-0.25, -0.2) is 9.97 Å². The van der Waals surface area contributed by atoms with Crippen LogP contribution in [0.5, 0.6) is 11.5 Å². The molecule has 0 aliphatic heterocycles. The summed E-state index contributed by atoms with van der Waals surface area (Å²) in [7, 11) is 0. The van der Waals surface area contributed by atoms with Crippen LogP contribution in [-0.2, 0) is 4.79 Å². The molecule has 3 aromatic rings. The molecule has 2 aromatic carbocycles. The van der Waals surface area contributed by atoms with Gasteiger partial charge in [0.25, 0.3) is 0 Å². The van der Waals surface area contributed by atoms with Gasteiger partial charge in [0.05, 0.1) is 12.5 Å². The van der Waals surface area contributed by atoms with E-state index in [-0.39, 0.29) is 11.9 Å². The molecule has 5 nitrogen and oxygen atoms in total. The van der Waals surface area contributed by atoms with Gasteiger partial charge in [0.1, 0.15) is 11.5 Å². The highest BCUT2D eigenvalue weighted by Crippen LogP contribution is 2.27. The fourth-order valence-corrected chi connectivity index (χ4v) is 4.65. The number of hydrogen-bond acceptors (Lipinski definition) is 5. The van der Waals surface area contributed by atoms with Crippen LogP contribution in [0.15, 0.2) is 60.9 Å². The molecular weight excluding hydrogens is 448 g/mol. The number of nitrogens with zero attached hydrogens (tertiary/aromatic N) is 2. The van der Waals surface area contributed by atoms with Crippen molar-refractivity contribution in [2.75, 3.05) is 6.61 Å². The summed E-state index contributed by atoms with van der Waals surface area (Å²) in [5, 5.41) is 0. The van der Waals surface area contributed by atoms with Crippen LogP contribution < -0.4 is 9.47 Å². The standard InChI is InChI=1S/C31H38N2O3/c1-2-3-4-5-6-10-21-35-28-17-15-25(16-18-28)30-32-22-27(23-33-30)24-13-19-29(20-14-24)36-31(34)26-11-8-7-9-12-26/h13-20,22-23,26H,2-12,21H2,1H3. The maximum Gasteiger partial charge on any atom is 0.314 e. The van der Waals surface area contributed by atoms with Gasteiger partial charge in [0.15, 0.2) is 5.82 Å². The Balaban J connectivity index is 1.26. The van der Waals surface area contributed by atoms with E-state index in [0.717, 1.165) is 61.2 Å². The molecule has 5 heteroatoms. The maximum absolute atomic E-state index is 12.4. The molecule has 0 spiro atoms. The molecule has 1 aliphatic carbocycles. The Hall–Kier alpha value is -3.21. The Kier molecular flexibility index (Phi) is 9.89. The van der Waals surface area contributed by atoms with Crippen molar-refractivity contribution in [3.05, 3.63) is 60.9 Å². The van der Waals surface area contributed by atoms with Crippen molar-refractivity contribution in [1.82, 2.24) is 9.97 Å². The first-order valence-electron chi connectivity index (χ1n) is 13.6. The summed E-state index contributed by atoms with van der Waals surface area (Å²) in [5.41, 5.74) is 2.86. The van der Waals surface area contributed by atoms with Crippen LogP contribution in [0.4, 0.5) is 0 Å². The monoisotopic (exact) mass is 486 g/mol. The van der Waals surface area contributed by atoms with Gasteiger partial charge in [-0.05, 0) is 61.2 Å². The Labute approximate surface area is 215 Å². The summed E-state index contributed by atoms with van der Waals surface area (Å²) in [6, 6.07) is 15.5. The Morgan fingerprint density at radius 3 is 2.06 bits per heavy atom. The number of benzene rings is 2. The van der Waals surface area contributed by atoms with E-state index in [1.807, 2.05) is 60.9 Å². The number of aromatic nitrogens is 2. The minimum Gasteiger partial charge on any atom is -0.494 e. The van der Waals surface area contributed by atoms with Crippen molar-refractivity contribution >= 4 is 5.97 Å². The van der Waals surface area contributed by atoms with E-state index in [0.29, 0.717) is 11.6 Å². The molecule has 1 aliphatic rings. The topological polar surface area (TPSA) is 61.3 Å². The second-order valence-electron chi connectivity index (χ2n) is 9.72. The van der Waals surface area contributed by atoms with Crippen molar-refractivity contribution in [1.29, 1.82) is 0 Å². The molecule has 0 bridgehead atoms. The molecule has 0 saturated heterocycles. The van der Waals surface area contributed by atoms with Gasteiger partial charge in [0, 0.05) is 23.5 Å². The van der Waals surface area contributed by atoms with Crippen LogP contribution >= 0.6 is 0 Å². The second-order valence-corrected chi connectivity index (χ2v) is 9.72. The van der Waals surface area contributed by atoms with Crippen molar-refractivity contribution in [2.24, 2.45) is 5.92 Å². The third-order valence-corrected chi connectivity index (χ3v) is 6.88. The molecule has 4 rings (SSSR count). The molecule has 1 fully saturated rings. The highest BCUT2D eigenvalue weighted by atomic mass is 16.5. The predicted molar refractivity (Wildman–Crippen MR) is 144 cm³/mol. The third-order valence-electron chi connectivity index (χ3n) is 6.88. The molecule has 0 atom stereocenters. The lowest BCUT2D eigenvalue weighted by molar-refractivity contribution is -0.139. The number of rotatable bonds is 12. The molecule has 0 radical (unpaired) electrons. The van der Waals surface area contributed by atoms with Gasteiger partial charge in [-0.3, -0.25) is 4.79 Å². The SMILES string of the molecule is CCCCCCCCOc1ccc(-c2ncc(-c3ccc(OC(=O)C4CCCCC4)cc3)cn2)cc1. The molecular formula is C31H38N2O3. The molecule has 36 heavy (non-hydrogen) atoms. The van der Waals surface area contributed by atoms with Crippen LogP contribution in [0.1, 0.15) is 77.6 Å². The van der Waals surface area contributed by atoms with Crippen molar-refractivity contribution in [2.45, 2.75) is 77.6 Å². The molecule has 0 amide bonds. The molecule has 190 valence electrons. The van der Waals surface area contributed by atoms with Crippen molar-refractivity contribution in [3.8, 4) is 34.0 Å². The number of hydrogen-bond donors (Lipinski definition) is 0. The summed E-state index contributed by atoms with van der Waals surface area (Å²) in [6.45, 7) is 3.00. The summed E-state index contributed by atoms with van der Waals surface area (Å²) in [4.78, 5) is 21.5. The van der Waals surface area contributed by atoms with E-state index in [1.165, 1.54) is 38.5 Å². The van der Waals surface area contributed by atoms with Crippen LogP contribution in [0.3, 0.4) is 0 Å². The fraction of sp³-hybridized carbons (Fsp3) is 0.452. The van der Waals surface area contributed by atoms with Crippen LogP contribution in [0, 0.1) is 5.92 Å². The highest BCUT2D eigenvalue weighted by molar-refractivity contribution is 5.75. The lowest BCUT2D eigenvalue weighted by Crippen LogP contribution is -2.22. The Bertz CT molecular complexity index is 1060. The van der Waals surface area contributed by atoms with E-state index in [1.54, 1.807) is 0 Å². The Morgan fingerprint density at radius 1 is 0.750 bits per heavy atom. The number of esters is 1. The third kappa shape index (κ3) is 7.64. The van der Waals surface area contributed by atoms with E-state index >= 15 is 0 Å². The fourth-order valence-electron chi connectivity index (χ4n) is 4.65. The molecule has 1 saturated carbocycles. The number of carbonyl (C=O) groups excluding carboxylic acids is 1. The smallest absolute Gasteiger partial charge is 0.314 e. The second kappa shape index (κ2) is 13.8. The first kappa shape index (κ1) is 25.9. The number of unbranched alkanes of at least 4 members (excludes halogenated alkanes) is 5. The lowest BCUT2D eigenvalue weighted by atomic mass is 9.89. The largest absolute Gasteiger partial charge is 0.494 e. The minimum atomic E-state index is -0.103. The van der Waals surface area contributed by atoms with Crippen LogP contribution in [0.25, 0.3) is 22.5 Å².